The van der Waals surface area contributed by atoms with Gasteiger partial charge in [-0.25, -0.2) is 8.42 Å². The van der Waals surface area contributed by atoms with E-state index < -0.39 is 10.0 Å². The summed E-state index contributed by atoms with van der Waals surface area (Å²) >= 11 is 7.67. The zero-order valence-corrected chi connectivity index (χ0v) is 16.9. The molecule has 2 aliphatic rings. The van der Waals surface area contributed by atoms with Gasteiger partial charge in [-0.1, -0.05) is 48.0 Å². The van der Waals surface area contributed by atoms with Gasteiger partial charge in [0.05, 0.1) is 10.3 Å². The summed E-state index contributed by atoms with van der Waals surface area (Å²) in [5.74, 6) is 0.792. The summed E-state index contributed by atoms with van der Waals surface area (Å²) in [4.78, 5) is 0.474. The van der Waals surface area contributed by atoms with Gasteiger partial charge in [-0.15, -0.1) is 11.8 Å². The number of aryl methyl sites for hydroxylation is 2. The summed E-state index contributed by atoms with van der Waals surface area (Å²) in [6.45, 7) is 0.527. The Bertz CT molecular complexity index is 1140. The second-order valence-electron chi connectivity index (χ2n) is 6.95. The van der Waals surface area contributed by atoms with Gasteiger partial charge in [-0.3, -0.25) is 0 Å². The van der Waals surface area contributed by atoms with Crippen molar-refractivity contribution in [1.29, 1.82) is 0 Å². The van der Waals surface area contributed by atoms with Crippen LogP contribution in [-0.4, -0.2) is 25.0 Å². The van der Waals surface area contributed by atoms with Crippen molar-refractivity contribution in [2.75, 3.05) is 12.3 Å². The number of halogens is 1. The first-order valence-corrected chi connectivity index (χ1v) is 11.8. The molecule has 0 radical (unpaired) electrons. The maximum Gasteiger partial charge on any atom is 0.244 e. The highest BCUT2D eigenvalue weighted by molar-refractivity contribution is 8.01. The van der Waals surface area contributed by atoms with E-state index in [4.69, 9.17) is 11.6 Å². The van der Waals surface area contributed by atoms with E-state index in [1.165, 1.54) is 5.56 Å². The second kappa shape index (κ2) is 6.52. The molecular formula is C21H18ClNO2S2. The second-order valence-corrected chi connectivity index (χ2v) is 10.4. The zero-order chi connectivity index (χ0) is 18.6. The van der Waals surface area contributed by atoms with E-state index in [9.17, 15) is 8.42 Å². The maximum atomic E-state index is 13.6. The van der Waals surface area contributed by atoms with Gasteiger partial charge >= 0.3 is 0 Å². The highest BCUT2D eigenvalue weighted by atomic mass is 35.5. The van der Waals surface area contributed by atoms with Gasteiger partial charge in [0.1, 0.15) is 0 Å². The molecule has 1 heterocycles. The monoisotopic (exact) mass is 415 g/mol. The first-order valence-electron chi connectivity index (χ1n) is 8.98. The van der Waals surface area contributed by atoms with Crippen LogP contribution in [0.3, 0.4) is 0 Å². The van der Waals surface area contributed by atoms with Crippen LogP contribution in [-0.2, 0) is 22.9 Å². The van der Waals surface area contributed by atoms with Gasteiger partial charge in [0.15, 0.2) is 0 Å². The summed E-state index contributed by atoms with van der Waals surface area (Å²) < 4.78 is 28.9. The minimum absolute atomic E-state index is 0.202. The molecule has 3 nitrogen and oxygen atoms in total. The van der Waals surface area contributed by atoms with Crippen LogP contribution in [0.25, 0.3) is 10.8 Å². The van der Waals surface area contributed by atoms with E-state index in [0.717, 1.165) is 40.5 Å². The molecule has 1 saturated heterocycles. The molecule has 138 valence electrons. The average Bonchev–Trinajstić information content (AvgIpc) is 3.32. The van der Waals surface area contributed by atoms with E-state index in [0.29, 0.717) is 16.5 Å². The molecule has 27 heavy (non-hydrogen) atoms. The lowest BCUT2D eigenvalue weighted by Gasteiger charge is -2.24. The van der Waals surface area contributed by atoms with Crippen LogP contribution >= 0.6 is 23.4 Å². The fourth-order valence-electron chi connectivity index (χ4n) is 4.19. The van der Waals surface area contributed by atoms with Crippen LogP contribution in [0.2, 0.25) is 5.02 Å². The highest BCUT2D eigenvalue weighted by Gasteiger charge is 2.38. The van der Waals surface area contributed by atoms with Crippen LogP contribution in [0.15, 0.2) is 59.5 Å². The minimum atomic E-state index is -3.57. The van der Waals surface area contributed by atoms with Crippen molar-refractivity contribution in [3.05, 3.63) is 76.3 Å². The molecule has 1 fully saturated rings. The minimum Gasteiger partial charge on any atom is -0.207 e. The van der Waals surface area contributed by atoms with Gasteiger partial charge < -0.3 is 0 Å². The van der Waals surface area contributed by atoms with Crippen molar-refractivity contribution in [1.82, 2.24) is 4.31 Å². The number of hydrogen-bond acceptors (Lipinski definition) is 3. The third kappa shape index (κ3) is 2.80. The average molecular weight is 416 g/mol. The van der Waals surface area contributed by atoms with Crippen molar-refractivity contribution in [3.8, 4) is 0 Å². The fraction of sp³-hybridized carbons (Fsp3) is 0.238. The molecule has 0 saturated carbocycles. The molecule has 0 bridgehead atoms. The molecule has 0 unspecified atom stereocenters. The van der Waals surface area contributed by atoms with Crippen LogP contribution in [0, 0.1) is 0 Å². The molecule has 3 aromatic rings. The van der Waals surface area contributed by atoms with Gasteiger partial charge in [0.2, 0.25) is 10.0 Å². The third-order valence-electron chi connectivity index (χ3n) is 5.43. The van der Waals surface area contributed by atoms with Crippen LogP contribution in [0.4, 0.5) is 0 Å². The Balaban J connectivity index is 1.61. The third-order valence-corrected chi connectivity index (χ3v) is 9.03. The summed E-state index contributed by atoms with van der Waals surface area (Å²) in [6, 6.07) is 17.4. The largest absolute Gasteiger partial charge is 0.244 e. The predicted molar refractivity (Wildman–Crippen MR) is 112 cm³/mol. The molecule has 1 atom stereocenters. The Hall–Kier alpha value is -1.53. The topological polar surface area (TPSA) is 37.4 Å². The van der Waals surface area contributed by atoms with Crippen LogP contribution in [0.5, 0.6) is 0 Å². The lowest BCUT2D eigenvalue weighted by Crippen LogP contribution is -2.31. The number of rotatable bonds is 3. The predicted octanol–water partition coefficient (Wildman–Crippen LogP) is 5.03. The van der Waals surface area contributed by atoms with E-state index in [2.05, 4.69) is 18.2 Å². The van der Waals surface area contributed by atoms with Crippen molar-refractivity contribution < 1.29 is 8.42 Å². The summed E-state index contributed by atoms with van der Waals surface area (Å²) in [5, 5.41) is 2.72. The Morgan fingerprint density at radius 3 is 2.63 bits per heavy atom. The fourth-order valence-corrected chi connectivity index (χ4v) is 7.82. The first-order chi connectivity index (χ1) is 13.1. The van der Waals surface area contributed by atoms with Crippen LogP contribution in [0.1, 0.15) is 22.1 Å². The quantitative estimate of drug-likeness (QED) is 0.602. The molecule has 3 aromatic carbocycles. The number of hydrogen-bond donors (Lipinski definition) is 0. The SMILES string of the molecule is O=S(=O)(c1ccc2cccc3c2c1CC3)N1CCS[C@H]1c1ccc(Cl)cc1. The number of nitrogens with zero attached hydrogens (tertiary/aromatic N) is 1. The Morgan fingerprint density at radius 2 is 1.81 bits per heavy atom. The molecule has 1 aliphatic heterocycles. The van der Waals surface area contributed by atoms with Crippen molar-refractivity contribution in [2.45, 2.75) is 23.1 Å². The smallest absolute Gasteiger partial charge is 0.207 e. The number of benzene rings is 3. The first kappa shape index (κ1) is 17.6. The zero-order valence-electron chi connectivity index (χ0n) is 14.6. The van der Waals surface area contributed by atoms with E-state index in [1.807, 2.05) is 30.3 Å². The Kier molecular flexibility index (Phi) is 4.24. The molecule has 6 heteroatoms. The van der Waals surface area contributed by atoms with Crippen molar-refractivity contribution in [2.24, 2.45) is 0 Å². The molecule has 1 aliphatic carbocycles. The lowest BCUT2D eigenvalue weighted by atomic mass is 10.1. The Labute approximate surface area is 168 Å². The van der Waals surface area contributed by atoms with Crippen molar-refractivity contribution in [3.63, 3.8) is 0 Å². The number of sulfonamides is 1. The van der Waals surface area contributed by atoms with Gasteiger partial charge in [0.25, 0.3) is 0 Å². The molecule has 5 rings (SSSR count). The maximum absolute atomic E-state index is 13.6. The molecule has 0 N–H and O–H groups in total. The normalized spacial score (nSPS) is 19.8. The Morgan fingerprint density at radius 1 is 1.00 bits per heavy atom. The van der Waals surface area contributed by atoms with E-state index in [-0.39, 0.29) is 5.37 Å². The summed E-state index contributed by atoms with van der Waals surface area (Å²) in [6.07, 6.45) is 1.70. The van der Waals surface area contributed by atoms with Gasteiger partial charge in [-0.2, -0.15) is 4.31 Å². The number of thioether (sulfide) groups is 1. The molecule has 0 amide bonds. The van der Waals surface area contributed by atoms with Crippen molar-refractivity contribution >= 4 is 44.2 Å². The summed E-state index contributed by atoms with van der Waals surface area (Å²) in [7, 11) is -3.57. The molecular weight excluding hydrogens is 398 g/mol. The van der Waals surface area contributed by atoms with E-state index >= 15 is 0 Å². The lowest BCUT2D eigenvalue weighted by molar-refractivity contribution is 0.434. The summed E-state index contributed by atoms with van der Waals surface area (Å²) in [5.41, 5.74) is 3.21. The van der Waals surface area contributed by atoms with E-state index in [1.54, 1.807) is 22.1 Å². The van der Waals surface area contributed by atoms with Gasteiger partial charge in [0, 0.05) is 17.3 Å². The van der Waals surface area contributed by atoms with Crippen LogP contribution < -0.4 is 0 Å². The molecule has 0 aromatic heterocycles. The highest BCUT2D eigenvalue weighted by Crippen LogP contribution is 2.44. The van der Waals surface area contributed by atoms with Gasteiger partial charge in [-0.05, 0) is 58.5 Å². The molecule has 0 spiro atoms. The standard InChI is InChI=1S/C21H18ClNO2S2/c22-17-8-4-16(5-9-17)21-23(12-13-26-21)27(24,25)19-11-7-15-3-1-2-14-6-10-18(19)20(14)15/h1-5,7-9,11,21H,6,10,12-13H2/t21-/m0/s1.